The summed E-state index contributed by atoms with van der Waals surface area (Å²) in [6, 6.07) is 1.73. The van der Waals surface area contributed by atoms with E-state index in [0.29, 0.717) is 12.8 Å². The van der Waals surface area contributed by atoms with Gasteiger partial charge in [-0.15, -0.1) is 0 Å². The summed E-state index contributed by atoms with van der Waals surface area (Å²) in [4.78, 5) is 19.8. The molecular formula is C20H23FN6O3S. The maximum absolute atomic E-state index is 15.1. The van der Waals surface area contributed by atoms with Crippen LogP contribution in [0.5, 0.6) is 0 Å². The lowest BCUT2D eigenvalue weighted by atomic mass is 10.1. The van der Waals surface area contributed by atoms with E-state index < -0.39 is 38.7 Å². The number of hydrogen-bond acceptors (Lipinski definition) is 6. The standard InChI is InChI=1S/C20H23FN6O3S/c1-12-8-22-19-26(11-13-9-23-25(3)10-13)18(28)14-6-17(15(21)7-16(14)27(12)19)31(29,30)24-20(2)4-5-20/h6-7,9-10,12,24H,4-5,8,11H2,1-3H3/t12-/m1/s1/i11D2. The van der Waals surface area contributed by atoms with Gasteiger partial charge >= 0.3 is 0 Å². The van der Waals surface area contributed by atoms with Gasteiger partial charge in [0.1, 0.15) is 10.7 Å². The molecule has 11 heteroatoms. The monoisotopic (exact) mass is 448 g/mol. The van der Waals surface area contributed by atoms with Crippen LogP contribution in [-0.2, 0) is 23.6 Å². The Morgan fingerprint density at radius 1 is 1.39 bits per heavy atom. The topological polar surface area (TPSA) is 99.9 Å². The van der Waals surface area contributed by atoms with Crippen LogP contribution in [0.3, 0.4) is 0 Å². The molecular weight excluding hydrogens is 423 g/mol. The van der Waals surface area contributed by atoms with E-state index in [1.165, 1.54) is 17.1 Å². The van der Waals surface area contributed by atoms with Crippen LogP contribution in [0.1, 0.15) is 45.4 Å². The lowest BCUT2D eigenvalue weighted by molar-refractivity contribution is 0.0832. The summed E-state index contributed by atoms with van der Waals surface area (Å²) in [6.45, 7) is 1.47. The van der Waals surface area contributed by atoms with Crippen LogP contribution in [-0.4, -0.2) is 53.1 Å². The Morgan fingerprint density at radius 2 is 2.13 bits per heavy atom. The van der Waals surface area contributed by atoms with Crippen LogP contribution in [0.15, 0.2) is 34.4 Å². The molecule has 1 amide bonds. The van der Waals surface area contributed by atoms with Gasteiger partial charge in [-0.1, -0.05) is 0 Å². The predicted molar refractivity (Wildman–Crippen MR) is 112 cm³/mol. The Kier molecular flexibility index (Phi) is 3.80. The van der Waals surface area contributed by atoms with Crippen molar-refractivity contribution in [3.05, 3.63) is 41.5 Å². The summed E-state index contributed by atoms with van der Waals surface area (Å²) in [5.41, 5.74) is -0.449. The highest BCUT2D eigenvalue weighted by Gasteiger charge is 2.44. The van der Waals surface area contributed by atoms with Gasteiger partial charge in [-0.2, -0.15) is 5.10 Å². The number of carbonyl (C=O) groups is 1. The highest BCUT2D eigenvalue weighted by Crippen LogP contribution is 2.39. The van der Waals surface area contributed by atoms with E-state index in [1.807, 2.05) is 6.92 Å². The number of nitrogens with zero attached hydrogens (tertiary/aromatic N) is 5. The van der Waals surface area contributed by atoms with Gasteiger partial charge in [-0.3, -0.25) is 19.4 Å². The van der Waals surface area contributed by atoms with E-state index in [0.717, 1.165) is 17.0 Å². The number of guanidine groups is 1. The number of carbonyl (C=O) groups excluding carboxylic acids is 1. The lowest BCUT2D eigenvalue weighted by Gasteiger charge is -2.38. The zero-order chi connectivity index (χ0) is 23.9. The molecule has 0 unspecified atom stereocenters. The number of aryl methyl sites for hydroxylation is 1. The van der Waals surface area contributed by atoms with Crippen molar-refractivity contribution in [3.63, 3.8) is 0 Å². The number of benzene rings is 1. The fourth-order valence-electron chi connectivity index (χ4n) is 3.80. The molecule has 2 aliphatic heterocycles. The van der Waals surface area contributed by atoms with Crippen molar-refractivity contribution in [2.24, 2.45) is 12.0 Å². The second-order valence-electron chi connectivity index (χ2n) is 8.48. The van der Waals surface area contributed by atoms with Crippen molar-refractivity contribution in [1.29, 1.82) is 0 Å². The number of rotatable bonds is 5. The largest absolute Gasteiger partial charge is 0.307 e. The average molecular weight is 449 g/mol. The minimum absolute atomic E-state index is 0.0486. The number of halogens is 1. The first kappa shape index (κ1) is 17.8. The summed E-state index contributed by atoms with van der Waals surface area (Å²) >= 11 is 0. The Balaban J connectivity index is 1.66. The fraction of sp³-hybridized carbons (Fsp3) is 0.450. The molecule has 1 atom stereocenters. The molecule has 0 radical (unpaired) electrons. The second-order valence-corrected chi connectivity index (χ2v) is 10.1. The van der Waals surface area contributed by atoms with Gasteiger partial charge in [0.2, 0.25) is 16.0 Å². The van der Waals surface area contributed by atoms with Gasteiger partial charge in [0, 0.05) is 24.3 Å². The number of sulfonamides is 1. The number of amides is 1. The van der Waals surface area contributed by atoms with Gasteiger partial charge in [0.15, 0.2) is 0 Å². The first-order valence-electron chi connectivity index (χ1n) is 10.9. The minimum Gasteiger partial charge on any atom is -0.307 e. The number of fused-ring (bicyclic) bond motifs is 3. The summed E-state index contributed by atoms with van der Waals surface area (Å²) in [5, 5.41) is 3.99. The van der Waals surface area contributed by atoms with Gasteiger partial charge < -0.3 is 4.90 Å². The number of aliphatic imine (C=N–C) groups is 1. The Morgan fingerprint density at radius 3 is 2.77 bits per heavy atom. The van der Waals surface area contributed by atoms with Crippen LogP contribution in [0.25, 0.3) is 0 Å². The molecule has 0 saturated heterocycles. The molecule has 2 aromatic rings. The smallest absolute Gasteiger partial charge is 0.263 e. The van der Waals surface area contributed by atoms with E-state index in [2.05, 4.69) is 14.8 Å². The van der Waals surface area contributed by atoms with Crippen LogP contribution in [0.4, 0.5) is 10.1 Å². The summed E-state index contributed by atoms with van der Waals surface area (Å²) < 4.78 is 62.2. The molecule has 5 rings (SSSR count). The van der Waals surface area contributed by atoms with Gasteiger partial charge in [-0.05, 0) is 38.8 Å². The quantitative estimate of drug-likeness (QED) is 0.749. The van der Waals surface area contributed by atoms with Crippen molar-refractivity contribution in [2.45, 2.75) is 49.7 Å². The second kappa shape index (κ2) is 6.60. The average Bonchev–Trinajstić information content (AvgIpc) is 3.08. The van der Waals surface area contributed by atoms with E-state index >= 15 is 4.39 Å². The van der Waals surface area contributed by atoms with Crippen LogP contribution in [0, 0.1) is 5.82 Å². The Labute approximate surface area is 182 Å². The maximum atomic E-state index is 15.1. The molecule has 1 fully saturated rings. The molecule has 164 valence electrons. The van der Waals surface area contributed by atoms with E-state index in [-0.39, 0.29) is 35.4 Å². The van der Waals surface area contributed by atoms with Crippen LogP contribution in [0.2, 0.25) is 0 Å². The molecule has 0 bridgehead atoms. The zero-order valence-corrected chi connectivity index (χ0v) is 18.1. The minimum atomic E-state index is -4.23. The molecule has 1 N–H and O–H groups in total. The fourth-order valence-corrected chi connectivity index (χ4v) is 5.35. The normalized spacial score (nSPS) is 23.2. The molecule has 1 aromatic carbocycles. The molecule has 3 heterocycles. The highest BCUT2D eigenvalue weighted by molar-refractivity contribution is 7.89. The van der Waals surface area contributed by atoms with Crippen molar-refractivity contribution in [1.82, 2.24) is 19.4 Å². The van der Waals surface area contributed by atoms with Crippen molar-refractivity contribution in [3.8, 4) is 0 Å². The van der Waals surface area contributed by atoms with Crippen LogP contribution >= 0.6 is 0 Å². The SMILES string of the molecule is [2H]C([2H])(c1cnn(C)c1)N1C(=O)c2cc(S(=O)(=O)NC3(C)CC3)c(F)cc2N2C1=NC[C@H]2C. The molecule has 1 saturated carbocycles. The summed E-state index contributed by atoms with van der Waals surface area (Å²) in [7, 11) is -2.61. The number of anilines is 1. The lowest BCUT2D eigenvalue weighted by Crippen LogP contribution is -2.52. The first-order chi connectivity index (χ1) is 15.3. The Hall–Kier alpha value is -2.79. The van der Waals surface area contributed by atoms with E-state index in [4.69, 9.17) is 2.74 Å². The molecule has 3 aliphatic rings. The number of aromatic nitrogens is 2. The van der Waals surface area contributed by atoms with E-state index in [9.17, 15) is 13.2 Å². The van der Waals surface area contributed by atoms with Crippen molar-refractivity contribution >= 4 is 27.6 Å². The summed E-state index contributed by atoms with van der Waals surface area (Å²) in [5.74, 6) is -1.75. The summed E-state index contributed by atoms with van der Waals surface area (Å²) in [6.07, 6.45) is 4.05. The molecule has 31 heavy (non-hydrogen) atoms. The zero-order valence-electron chi connectivity index (χ0n) is 19.3. The number of hydrogen-bond donors (Lipinski definition) is 1. The van der Waals surface area contributed by atoms with Crippen molar-refractivity contribution < 1.29 is 20.3 Å². The number of nitrogens with one attached hydrogen (secondary N) is 1. The van der Waals surface area contributed by atoms with Crippen molar-refractivity contribution in [2.75, 3.05) is 11.4 Å². The highest BCUT2D eigenvalue weighted by atomic mass is 32.2. The third-order valence-electron chi connectivity index (χ3n) is 5.71. The first-order valence-corrected chi connectivity index (χ1v) is 11.4. The maximum Gasteiger partial charge on any atom is 0.263 e. The molecule has 9 nitrogen and oxygen atoms in total. The molecule has 1 aromatic heterocycles. The third-order valence-corrected chi connectivity index (χ3v) is 7.37. The van der Waals surface area contributed by atoms with E-state index in [1.54, 1.807) is 18.9 Å². The predicted octanol–water partition coefficient (Wildman–Crippen LogP) is 1.61. The molecule has 1 aliphatic carbocycles. The Bertz CT molecular complexity index is 1320. The van der Waals surface area contributed by atoms with Gasteiger partial charge in [0.05, 0.1) is 39.3 Å². The third kappa shape index (κ3) is 3.32. The van der Waals surface area contributed by atoms with Crippen LogP contribution < -0.4 is 9.62 Å². The van der Waals surface area contributed by atoms with Gasteiger partial charge in [0.25, 0.3) is 5.91 Å². The van der Waals surface area contributed by atoms with Gasteiger partial charge in [-0.25, -0.2) is 17.5 Å². The molecule has 0 spiro atoms.